The van der Waals surface area contributed by atoms with Gasteiger partial charge in [0.1, 0.15) is 0 Å². The van der Waals surface area contributed by atoms with Crippen LogP contribution in [0.2, 0.25) is 0 Å². The molecule has 0 spiro atoms. The van der Waals surface area contributed by atoms with E-state index in [4.69, 9.17) is 0 Å². The minimum atomic E-state index is -0.138. The van der Waals surface area contributed by atoms with Crippen LogP contribution in [0.15, 0.2) is 182 Å². The molecule has 1 aromatic heterocycles. The van der Waals surface area contributed by atoms with E-state index in [-0.39, 0.29) is 5.41 Å². The van der Waals surface area contributed by atoms with E-state index in [0.717, 1.165) is 22.6 Å². The standard InChI is InChI=1S/C51H36N2/c1-51(2)47-19-11-9-17-43(47)44-31-30-42(34-48(44)51)52(40-26-21-36(22-27-40)35-13-5-3-6-14-35)41-28-23-37(24-29-41)38-25-32-50-46(33-38)45-18-10-12-20-49(45)53(50)39-15-7-4-8-16-39/h3-29,32-34H,1-2H3. The molecule has 250 valence electrons. The van der Waals surface area contributed by atoms with Crippen molar-refractivity contribution in [1.82, 2.24) is 4.57 Å². The second-order valence-corrected chi connectivity index (χ2v) is 14.5. The molecular formula is C51H36N2. The van der Waals surface area contributed by atoms with E-state index in [9.17, 15) is 0 Å². The maximum absolute atomic E-state index is 3.60. The predicted molar refractivity (Wildman–Crippen MR) is 222 cm³/mol. The van der Waals surface area contributed by atoms with Gasteiger partial charge in [-0.1, -0.05) is 141 Å². The molecule has 0 saturated heterocycles. The molecule has 0 amide bonds. The fraction of sp³-hybridized carbons (Fsp3) is 0.0588. The number of hydrogen-bond acceptors (Lipinski definition) is 1. The van der Waals surface area contributed by atoms with Crippen molar-refractivity contribution in [3.05, 3.63) is 205 Å². The first kappa shape index (κ1) is 31.0. The van der Waals surface area contributed by atoms with Crippen LogP contribution in [-0.4, -0.2) is 4.57 Å². The summed E-state index contributed by atoms with van der Waals surface area (Å²) in [6.45, 7) is 4.63. The van der Waals surface area contributed by atoms with Crippen LogP contribution in [0.1, 0.15) is 25.0 Å². The smallest absolute Gasteiger partial charge is 0.0977 e. The third-order valence-corrected chi connectivity index (χ3v) is 11.0. The van der Waals surface area contributed by atoms with Crippen molar-refractivity contribution in [2.45, 2.75) is 19.3 Å². The molecule has 0 fully saturated rings. The fourth-order valence-electron chi connectivity index (χ4n) is 8.33. The average molecular weight is 677 g/mol. The highest BCUT2D eigenvalue weighted by molar-refractivity contribution is 6.10. The number of fused-ring (bicyclic) bond motifs is 6. The molecule has 0 bridgehead atoms. The van der Waals surface area contributed by atoms with Crippen LogP contribution in [0.3, 0.4) is 0 Å². The Bertz CT molecular complexity index is 2770. The van der Waals surface area contributed by atoms with E-state index in [1.54, 1.807) is 0 Å². The molecule has 0 atom stereocenters. The number of hydrogen-bond donors (Lipinski definition) is 0. The van der Waals surface area contributed by atoms with Crippen LogP contribution in [0.25, 0.3) is 60.9 Å². The van der Waals surface area contributed by atoms with Gasteiger partial charge >= 0.3 is 0 Å². The van der Waals surface area contributed by atoms with Crippen LogP contribution in [-0.2, 0) is 5.41 Å². The van der Waals surface area contributed by atoms with E-state index in [2.05, 4.69) is 217 Å². The lowest BCUT2D eigenvalue weighted by atomic mass is 9.82. The molecule has 0 aliphatic heterocycles. The molecular weight excluding hydrogens is 641 g/mol. The van der Waals surface area contributed by atoms with Crippen LogP contribution in [0.5, 0.6) is 0 Å². The minimum absolute atomic E-state index is 0.138. The highest BCUT2D eigenvalue weighted by Crippen LogP contribution is 2.49. The van der Waals surface area contributed by atoms with Gasteiger partial charge in [-0.2, -0.15) is 0 Å². The first-order chi connectivity index (χ1) is 26.0. The Balaban J connectivity index is 1.07. The van der Waals surface area contributed by atoms with Gasteiger partial charge in [0.05, 0.1) is 16.7 Å². The van der Waals surface area contributed by atoms with E-state index >= 15 is 0 Å². The molecule has 1 heterocycles. The molecule has 2 nitrogen and oxygen atoms in total. The van der Waals surface area contributed by atoms with Gasteiger partial charge in [0.2, 0.25) is 0 Å². The van der Waals surface area contributed by atoms with Crippen LogP contribution in [0, 0.1) is 12.1 Å². The molecule has 53 heavy (non-hydrogen) atoms. The Labute approximate surface area is 310 Å². The lowest BCUT2D eigenvalue weighted by Gasteiger charge is -2.27. The number of aromatic nitrogens is 1. The van der Waals surface area contributed by atoms with Gasteiger partial charge < -0.3 is 9.47 Å². The third kappa shape index (κ3) is 5.05. The summed E-state index contributed by atoms with van der Waals surface area (Å²) in [6, 6.07) is 72.8. The SMILES string of the molecule is CC1(C)c2cc(N(c3ccc(-c4ccccc4)cc3)c3ccc(-c4ccc5c(c4)c4ccccc4n5-c4ccccc4)cc3)c#cc2-c2ccccc21. The van der Waals surface area contributed by atoms with Gasteiger partial charge in [-0.3, -0.25) is 0 Å². The van der Waals surface area contributed by atoms with E-state index in [0.29, 0.717) is 0 Å². The summed E-state index contributed by atoms with van der Waals surface area (Å²) in [6.07, 6.45) is 0. The molecule has 2 heteroatoms. The quantitative estimate of drug-likeness (QED) is 0.170. The fourth-order valence-corrected chi connectivity index (χ4v) is 8.33. The molecule has 1 aliphatic carbocycles. The summed E-state index contributed by atoms with van der Waals surface area (Å²) in [5, 5.41) is 2.50. The lowest BCUT2D eigenvalue weighted by molar-refractivity contribution is 0.660. The average Bonchev–Trinajstić information content (AvgIpc) is 3.67. The van der Waals surface area contributed by atoms with E-state index < -0.39 is 0 Å². The maximum atomic E-state index is 3.60. The normalized spacial score (nSPS) is 12.7. The number of benzene rings is 7. The zero-order chi connectivity index (χ0) is 35.5. The molecule has 9 aromatic rings. The second kappa shape index (κ2) is 12.2. The molecule has 0 N–H and O–H groups in total. The highest BCUT2D eigenvalue weighted by Gasteiger charge is 2.36. The van der Waals surface area contributed by atoms with Gasteiger partial charge in [0, 0.05) is 38.8 Å². The van der Waals surface area contributed by atoms with Crippen molar-refractivity contribution in [1.29, 1.82) is 0 Å². The van der Waals surface area contributed by atoms with Crippen molar-refractivity contribution >= 4 is 38.9 Å². The number of rotatable bonds is 6. The van der Waals surface area contributed by atoms with E-state index in [1.165, 1.54) is 66.4 Å². The number of anilines is 3. The molecule has 0 saturated carbocycles. The van der Waals surface area contributed by atoms with Crippen molar-refractivity contribution in [3.8, 4) is 39.1 Å². The van der Waals surface area contributed by atoms with Crippen molar-refractivity contribution < 1.29 is 0 Å². The summed E-state index contributed by atoms with van der Waals surface area (Å²) in [5.41, 5.74) is 16.3. The molecule has 0 radical (unpaired) electrons. The number of para-hydroxylation sites is 2. The Morgan fingerprint density at radius 2 is 1.02 bits per heavy atom. The summed E-state index contributed by atoms with van der Waals surface area (Å²) >= 11 is 0. The Morgan fingerprint density at radius 3 is 1.75 bits per heavy atom. The largest absolute Gasteiger partial charge is 0.309 e. The van der Waals surface area contributed by atoms with Crippen LogP contribution >= 0.6 is 0 Å². The van der Waals surface area contributed by atoms with Gasteiger partial charge in [-0.05, 0) is 106 Å². The molecule has 10 rings (SSSR count). The second-order valence-electron chi connectivity index (χ2n) is 14.5. The topological polar surface area (TPSA) is 8.17 Å². The van der Waals surface area contributed by atoms with Gasteiger partial charge in [0.15, 0.2) is 0 Å². The Kier molecular flexibility index (Phi) is 7.10. The maximum Gasteiger partial charge on any atom is 0.0977 e. The van der Waals surface area contributed by atoms with Gasteiger partial charge in [0.25, 0.3) is 0 Å². The summed E-state index contributed by atoms with van der Waals surface area (Å²) < 4.78 is 2.36. The zero-order valence-corrected chi connectivity index (χ0v) is 29.7. The Morgan fingerprint density at radius 1 is 0.453 bits per heavy atom. The van der Waals surface area contributed by atoms with Crippen molar-refractivity contribution in [2.75, 3.05) is 4.90 Å². The summed E-state index contributed by atoms with van der Waals surface area (Å²) in [5.74, 6) is 0. The molecule has 8 aromatic carbocycles. The van der Waals surface area contributed by atoms with Crippen LogP contribution in [0.4, 0.5) is 17.1 Å². The first-order valence-electron chi connectivity index (χ1n) is 18.3. The minimum Gasteiger partial charge on any atom is -0.309 e. The van der Waals surface area contributed by atoms with Gasteiger partial charge in [-0.15, -0.1) is 0 Å². The monoisotopic (exact) mass is 676 g/mol. The van der Waals surface area contributed by atoms with Crippen LogP contribution < -0.4 is 4.90 Å². The van der Waals surface area contributed by atoms with E-state index in [1.807, 2.05) is 0 Å². The Hall–Kier alpha value is -6.82. The summed E-state index contributed by atoms with van der Waals surface area (Å²) in [7, 11) is 0. The molecule has 1 aliphatic rings. The predicted octanol–water partition coefficient (Wildman–Crippen LogP) is 13.5. The van der Waals surface area contributed by atoms with Gasteiger partial charge in [-0.25, -0.2) is 0 Å². The first-order valence-corrected chi connectivity index (χ1v) is 18.3. The summed E-state index contributed by atoms with van der Waals surface area (Å²) in [4.78, 5) is 2.31. The lowest BCUT2D eigenvalue weighted by Crippen LogP contribution is -2.16. The zero-order valence-electron chi connectivity index (χ0n) is 29.7. The number of nitrogens with zero attached hydrogens (tertiary/aromatic N) is 2. The molecule has 0 unspecified atom stereocenters. The van der Waals surface area contributed by atoms with Crippen molar-refractivity contribution in [3.63, 3.8) is 0 Å². The third-order valence-electron chi connectivity index (χ3n) is 11.0. The highest BCUT2D eigenvalue weighted by atomic mass is 15.1. The van der Waals surface area contributed by atoms with Crippen molar-refractivity contribution in [2.24, 2.45) is 0 Å².